The number of aromatic nitrogens is 1. The van der Waals surface area contributed by atoms with Gasteiger partial charge in [-0.15, -0.1) is 0 Å². The lowest BCUT2D eigenvalue weighted by Crippen LogP contribution is -2.38. The van der Waals surface area contributed by atoms with Gasteiger partial charge in [0.05, 0.1) is 0 Å². The van der Waals surface area contributed by atoms with Gasteiger partial charge in [0.1, 0.15) is 5.76 Å². The van der Waals surface area contributed by atoms with Crippen molar-refractivity contribution in [3.63, 3.8) is 0 Å². The van der Waals surface area contributed by atoms with Crippen LogP contribution in [0, 0.1) is 20.8 Å². The number of carbonyl (C=O) groups is 2. The molecule has 0 spiro atoms. The zero-order chi connectivity index (χ0) is 21.3. The summed E-state index contributed by atoms with van der Waals surface area (Å²) in [5.74, 6) is 1.47. The highest BCUT2D eigenvalue weighted by Gasteiger charge is 2.30. The number of amides is 2. The number of benzene rings is 1. The highest BCUT2D eigenvalue weighted by atomic mass is 16.4. The van der Waals surface area contributed by atoms with Gasteiger partial charge in [0.15, 0.2) is 11.6 Å². The molecule has 0 radical (unpaired) electrons. The van der Waals surface area contributed by atoms with E-state index in [0.717, 1.165) is 49.9 Å². The highest BCUT2D eigenvalue weighted by Crippen LogP contribution is 2.30. The van der Waals surface area contributed by atoms with E-state index in [0.29, 0.717) is 30.4 Å². The molecular formula is C24H31N3O3. The second kappa shape index (κ2) is 8.62. The van der Waals surface area contributed by atoms with Crippen LogP contribution in [0.3, 0.4) is 0 Å². The minimum atomic E-state index is -0.00967. The molecule has 3 heterocycles. The smallest absolute Gasteiger partial charge is 0.276 e. The Labute approximate surface area is 178 Å². The molecule has 0 unspecified atom stereocenters. The van der Waals surface area contributed by atoms with E-state index in [2.05, 4.69) is 11.9 Å². The predicted octanol–water partition coefficient (Wildman–Crippen LogP) is 4.25. The summed E-state index contributed by atoms with van der Waals surface area (Å²) in [5, 5.41) is 0. The minimum Gasteiger partial charge on any atom is -0.445 e. The van der Waals surface area contributed by atoms with Crippen molar-refractivity contribution >= 4 is 11.8 Å². The van der Waals surface area contributed by atoms with Crippen molar-refractivity contribution in [1.82, 2.24) is 14.8 Å². The van der Waals surface area contributed by atoms with Gasteiger partial charge in [0.25, 0.3) is 11.8 Å². The van der Waals surface area contributed by atoms with Crippen LogP contribution in [0.4, 0.5) is 0 Å². The molecule has 0 aliphatic carbocycles. The van der Waals surface area contributed by atoms with Crippen LogP contribution in [0.5, 0.6) is 0 Å². The monoisotopic (exact) mass is 409 g/mol. The summed E-state index contributed by atoms with van der Waals surface area (Å²) in [4.78, 5) is 34.1. The Balaban J connectivity index is 1.40. The fourth-order valence-corrected chi connectivity index (χ4v) is 4.42. The van der Waals surface area contributed by atoms with Gasteiger partial charge in [-0.1, -0.05) is 6.07 Å². The van der Waals surface area contributed by atoms with E-state index >= 15 is 0 Å². The molecule has 0 atom stereocenters. The number of rotatable bonds is 3. The molecule has 30 heavy (non-hydrogen) atoms. The predicted molar refractivity (Wildman–Crippen MR) is 115 cm³/mol. The van der Waals surface area contributed by atoms with Crippen LogP contribution >= 0.6 is 0 Å². The lowest BCUT2D eigenvalue weighted by molar-refractivity contribution is 0.0704. The van der Waals surface area contributed by atoms with Gasteiger partial charge in [-0.3, -0.25) is 9.59 Å². The second-order valence-electron chi connectivity index (χ2n) is 8.68. The number of hydrogen-bond acceptors (Lipinski definition) is 4. The van der Waals surface area contributed by atoms with E-state index in [1.807, 2.05) is 41.8 Å². The largest absolute Gasteiger partial charge is 0.445 e. The number of carbonyl (C=O) groups excluding carboxylic acids is 2. The maximum atomic E-state index is 12.9. The topological polar surface area (TPSA) is 66.7 Å². The molecule has 2 aliphatic heterocycles. The van der Waals surface area contributed by atoms with E-state index in [9.17, 15) is 9.59 Å². The first-order chi connectivity index (χ1) is 14.4. The van der Waals surface area contributed by atoms with Gasteiger partial charge in [-0.05, 0) is 76.1 Å². The number of piperidine rings is 2. The van der Waals surface area contributed by atoms with Crippen molar-refractivity contribution in [3.05, 3.63) is 52.2 Å². The third kappa shape index (κ3) is 4.13. The molecule has 4 rings (SSSR count). The minimum absolute atomic E-state index is 0.00967. The summed E-state index contributed by atoms with van der Waals surface area (Å²) in [6, 6.07) is 5.89. The van der Waals surface area contributed by atoms with Crippen molar-refractivity contribution in [2.45, 2.75) is 58.8 Å². The van der Waals surface area contributed by atoms with E-state index < -0.39 is 0 Å². The summed E-state index contributed by atoms with van der Waals surface area (Å²) in [7, 11) is 0. The molecule has 6 heteroatoms. The molecule has 1 aromatic carbocycles. The van der Waals surface area contributed by atoms with Crippen LogP contribution in [0.2, 0.25) is 0 Å². The van der Waals surface area contributed by atoms with Crippen LogP contribution in [0.25, 0.3) is 0 Å². The van der Waals surface area contributed by atoms with Gasteiger partial charge in [0, 0.05) is 37.7 Å². The average Bonchev–Trinajstić information content (AvgIpc) is 3.17. The summed E-state index contributed by atoms with van der Waals surface area (Å²) >= 11 is 0. The van der Waals surface area contributed by atoms with Crippen molar-refractivity contribution in [3.8, 4) is 0 Å². The van der Waals surface area contributed by atoms with Gasteiger partial charge >= 0.3 is 0 Å². The zero-order valence-corrected chi connectivity index (χ0v) is 18.2. The van der Waals surface area contributed by atoms with Crippen LogP contribution in [0.15, 0.2) is 22.6 Å². The van der Waals surface area contributed by atoms with Crippen LogP contribution in [0.1, 0.15) is 81.6 Å². The van der Waals surface area contributed by atoms with Gasteiger partial charge in [-0.25, -0.2) is 4.98 Å². The first kappa shape index (κ1) is 20.6. The first-order valence-corrected chi connectivity index (χ1v) is 11.1. The molecule has 0 N–H and O–H groups in total. The highest BCUT2D eigenvalue weighted by molar-refractivity contribution is 5.94. The third-order valence-corrected chi connectivity index (χ3v) is 6.54. The van der Waals surface area contributed by atoms with Crippen molar-refractivity contribution < 1.29 is 14.0 Å². The molecule has 160 valence electrons. The molecule has 2 amide bonds. The first-order valence-electron chi connectivity index (χ1n) is 11.1. The fourth-order valence-electron chi connectivity index (χ4n) is 4.42. The summed E-state index contributed by atoms with van der Waals surface area (Å²) in [6.45, 7) is 8.87. The van der Waals surface area contributed by atoms with Crippen molar-refractivity contribution in [2.75, 3.05) is 26.2 Å². The second-order valence-corrected chi connectivity index (χ2v) is 8.68. The zero-order valence-electron chi connectivity index (χ0n) is 18.2. The Bertz CT molecular complexity index is 935. The Hall–Kier alpha value is -2.63. The quantitative estimate of drug-likeness (QED) is 0.760. The summed E-state index contributed by atoms with van der Waals surface area (Å²) in [6.07, 6.45) is 4.90. The van der Waals surface area contributed by atoms with E-state index in [1.54, 1.807) is 0 Å². The normalized spacial score (nSPS) is 18.0. The lowest BCUT2D eigenvalue weighted by Gasteiger charge is -2.30. The number of aryl methyl sites for hydroxylation is 3. The van der Waals surface area contributed by atoms with E-state index in [-0.39, 0.29) is 17.7 Å². The standard InChI is InChI=1S/C24H31N3O3/c1-16-7-8-20(15-17(16)2)23(28)27-13-9-19(10-14-27)22-25-21(18(3)30-22)24(29)26-11-5-4-6-12-26/h7-8,15,19H,4-6,9-14H2,1-3H3. The molecule has 0 saturated carbocycles. The SMILES string of the molecule is Cc1ccc(C(=O)N2CCC(c3nc(C(=O)N4CCCCC4)c(C)o3)CC2)cc1C. The molecule has 2 fully saturated rings. The molecular weight excluding hydrogens is 378 g/mol. The van der Waals surface area contributed by atoms with Crippen LogP contribution < -0.4 is 0 Å². The average molecular weight is 410 g/mol. The summed E-state index contributed by atoms with van der Waals surface area (Å²) < 4.78 is 5.91. The maximum Gasteiger partial charge on any atom is 0.276 e. The Morgan fingerprint density at radius 1 is 0.900 bits per heavy atom. The number of hydrogen-bond donors (Lipinski definition) is 0. The molecule has 2 saturated heterocycles. The van der Waals surface area contributed by atoms with Crippen molar-refractivity contribution in [1.29, 1.82) is 0 Å². The van der Waals surface area contributed by atoms with E-state index in [4.69, 9.17) is 4.42 Å². The Morgan fingerprint density at radius 3 is 2.23 bits per heavy atom. The van der Waals surface area contributed by atoms with Gasteiger partial charge in [0.2, 0.25) is 0 Å². The van der Waals surface area contributed by atoms with Crippen LogP contribution in [-0.4, -0.2) is 52.8 Å². The number of oxazole rings is 1. The molecule has 2 aromatic rings. The molecule has 1 aromatic heterocycles. The third-order valence-electron chi connectivity index (χ3n) is 6.54. The number of likely N-dealkylation sites (tertiary alicyclic amines) is 2. The molecule has 6 nitrogen and oxygen atoms in total. The van der Waals surface area contributed by atoms with Gasteiger partial charge < -0.3 is 14.2 Å². The van der Waals surface area contributed by atoms with Gasteiger partial charge in [-0.2, -0.15) is 0 Å². The maximum absolute atomic E-state index is 12.9. The van der Waals surface area contributed by atoms with E-state index in [1.165, 1.54) is 12.0 Å². The lowest BCUT2D eigenvalue weighted by atomic mass is 9.96. The Morgan fingerprint density at radius 2 is 1.57 bits per heavy atom. The van der Waals surface area contributed by atoms with Crippen LogP contribution in [-0.2, 0) is 0 Å². The fraction of sp³-hybridized carbons (Fsp3) is 0.542. The molecule has 0 bridgehead atoms. The number of nitrogens with zero attached hydrogens (tertiary/aromatic N) is 3. The summed E-state index contributed by atoms with van der Waals surface area (Å²) in [5.41, 5.74) is 3.54. The van der Waals surface area contributed by atoms with Crippen molar-refractivity contribution in [2.24, 2.45) is 0 Å². The molecule has 2 aliphatic rings. The Kier molecular flexibility index (Phi) is 5.93.